The molecule has 0 unspecified atom stereocenters. The highest BCUT2D eigenvalue weighted by Crippen LogP contribution is 2.58. The SMILES string of the molecule is COC(=O)[C@]1(C)CCC[C@]2(C)c3cc(Br)c4nc(NCc5ccc(F)cc5O)[nH]c4c3CC[C@@H]12. The molecule has 2 aliphatic carbocycles. The second kappa shape index (κ2) is 8.26. The van der Waals surface area contributed by atoms with Gasteiger partial charge in [0, 0.05) is 22.6 Å². The summed E-state index contributed by atoms with van der Waals surface area (Å²) in [5.74, 6) is 0.123. The molecule has 2 aliphatic rings. The van der Waals surface area contributed by atoms with Gasteiger partial charge < -0.3 is 20.1 Å². The molecular weight excluding hydrogens is 501 g/mol. The van der Waals surface area contributed by atoms with Gasteiger partial charge in [0.05, 0.1) is 18.0 Å². The molecule has 180 valence electrons. The highest BCUT2D eigenvalue weighted by Gasteiger charge is 2.56. The van der Waals surface area contributed by atoms with Crippen molar-refractivity contribution in [3.63, 3.8) is 0 Å². The van der Waals surface area contributed by atoms with E-state index < -0.39 is 11.2 Å². The molecule has 0 bridgehead atoms. The predicted octanol–water partition coefficient (Wildman–Crippen LogP) is 5.97. The van der Waals surface area contributed by atoms with Crippen molar-refractivity contribution in [2.24, 2.45) is 11.3 Å². The van der Waals surface area contributed by atoms with Gasteiger partial charge in [-0.05, 0) is 83.1 Å². The van der Waals surface area contributed by atoms with E-state index in [2.05, 4.69) is 46.1 Å². The van der Waals surface area contributed by atoms with E-state index in [0.717, 1.165) is 53.7 Å². The van der Waals surface area contributed by atoms with Gasteiger partial charge in [0.1, 0.15) is 17.1 Å². The summed E-state index contributed by atoms with van der Waals surface area (Å²) in [7, 11) is 1.49. The van der Waals surface area contributed by atoms with Gasteiger partial charge in [-0.2, -0.15) is 0 Å². The zero-order chi connectivity index (χ0) is 24.3. The number of ether oxygens (including phenoxy) is 1. The Kier molecular flexibility index (Phi) is 5.62. The monoisotopic (exact) mass is 529 g/mol. The zero-order valence-electron chi connectivity index (χ0n) is 19.6. The van der Waals surface area contributed by atoms with Crippen LogP contribution in [0.25, 0.3) is 11.0 Å². The number of benzene rings is 2. The molecule has 3 N–H and O–H groups in total. The highest BCUT2D eigenvalue weighted by atomic mass is 79.9. The number of fused-ring (bicyclic) bond motifs is 5. The van der Waals surface area contributed by atoms with Crippen molar-refractivity contribution < 1.29 is 19.0 Å². The van der Waals surface area contributed by atoms with Gasteiger partial charge >= 0.3 is 5.97 Å². The first-order chi connectivity index (χ1) is 16.2. The van der Waals surface area contributed by atoms with E-state index >= 15 is 0 Å². The smallest absolute Gasteiger partial charge is 0.311 e. The molecule has 8 heteroatoms. The Hall–Kier alpha value is -2.61. The Labute approximate surface area is 206 Å². The Balaban J connectivity index is 1.51. The lowest BCUT2D eigenvalue weighted by atomic mass is 9.50. The number of carbonyl (C=O) groups excluding carboxylic acids is 1. The van der Waals surface area contributed by atoms with E-state index in [1.807, 2.05) is 0 Å². The van der Waals surface area contributed by atoms with Crippen LogP contribution in [0.4, 0.5) is 10.3 Å². The topological polar surface area (TPSA) is 87.2 Å². The minimum Gasteiger partial charge on any atom is -0.507 e. The van der Waals surface area contributed by atoms with Crippen molar-refractivity contribution >= 4 is 38.9 Å². The molecule has 34 heavy (non-hydrogen) atoms. The predicted molar refractivity (Wildman–Crippen MR) is 132 cm³/mol. The summed E-state index contributed by atoms with van der Waals surface area (Å²) in [5, 5.41) is 13.2. The summed E-state index contributed by atoms with van der Waals surface area (Å²) >= 11 is 3.73. The number of carbonyl (C=O) groups is 1. The number of aryl methyl sites for hydroxylation is 1. The normalized spacial score (nSPS) is 26.1. The number of nitrogens with zero attached hydrogens (tertiary/aromatic N) is 1. The van der Waals surface area contributed by atoms with E-state index in [9.17, 15) is 14.3 Å². The fourth-order valence-corrected chi connectivity index (χ4v) is 7.02. The van der Waals surface area contributed by atoms with Gasteiger partial charge in [0.2, 0.25) is 5.95 Å². The lowest BCUT2D eigenvalue weighted by Gasteiger charge is -2.54. The van der Waals surface area contributed by atoms with Gasteiger partial charge in [0.25, 0.3) is 0 Å². The summed E-state index contributed by atoms with van der Waals surface area (Å²) in [6.45, 7) is 4.67. The number of imidazole rings is 1. The number of halogens is 2. The van der Waals surface area contributed by atoms with Crippen molar-refractivity contribution in [3.05, 3.63) is 51.2 Å². The molecule has 0 aliphatic heterocycles. The number of hydrogen-bond donors (Lipinski definition) is 3. The largest absolute Gasteiger partial charge is 0.507 e. The van der Waals surface area contributed by atoms with E-state index in [4.69, 9.17) is 9.72 Å². The minimum absolute atomic E-state index is 0.0907. The molecule has 6 nitrogen and oxygen atoms in total. The first kappa shape index (κ1) is 23.1. The second-order valence-electron chi connectivity index (χ2n) is 10.1. The number of anilines is 1. The van der Waals surface area contributed by atoms with Gasteiger partial charge in [-0.25, -0.2) is 9.37 Å². The van der Waals surface area contributed by atoms with Gasteiger partial charge in [-0.3, -0.25) is 4.79 Å². The van der Waals surface area contributed by atoms with E-state index in [1.54, 1.807) is 6.07 Å². The summed E-state index contributed by atoms with van der Waals surface area (Å²) < 4.78 is 19.4. The van der Waals surface area contributed by atoms with Crippen LogP contribution in [-0.4, -0.2) is 28.2 Å². The fraction of sp³-hybridized carbons (Fsp3) is 0.462. The number of esters is 1. The van der Waals surface area contributed by atoms with Crippen molar-refractivity contribution in [1.82, 2.24) is 9.97 Å². The number of aromatic hydroxyl groups is 1. The van der Waals surface area contributed by atoms with Crippen molar-refractivity contribution in [3.8, 4) is 5.75 Å². The molecule has 1 heterocycles. The number of phenols is 1. The Morgan fingerprint density at radius 3 is 2.88 bits per heavy atom. The fourth-order valence-electron chi connectivity index (χ4n) is 6.50. The minimum atomic E-state index is -0.487. The number of aromatic nitrogens is 2. The maximum absolute atomic E-state index is 13.3. The summed E-state index contributed by atoms with van der Waals surface area (Å²) in [4.78, 5) is 21.0. The first-order valence-corrected chi connectivity index (χ1v) is 12.5. The molecule has 0 saturated heterocycles. The lowest BCUT2D eigenvalue weighted by Crippen LogP contribution is -2.52. The third-order valence-corrected chi connectivity index (χ3v) is 8.81. The van der Waals surface area contributed by atoms with Crippen molar-refractivity contribution in [1.29, 1.82) is 0 Å². The molecule has 0 radical (unpaired) electrons. The first-order valence-electron chi connectivity index (χ1n) is 11.7. The summed E-state index contributed by atoms with van der Waals surface area (Å²) in [6.07, 6.45) is 4.62. The Bertz CT molecular complexity index is 1290. The molecule has 3 atom stereocenters. The zero-order valence-corrected chi connectivity index (χ0v) is 21.2. The molecule has 2 aromatic carbocycles. The molecule has 1 aromatic heterocycles. The lowest BCUT2D eigenvalue weighted by molar-refractivity contribution is -0.161. The number of nitrogens with one attached hydrogen (secondary N) is 2. The average molecular weight is 530 g/mol. The van der Waals surface area contributed by atoms with Crippen LogP contribution >= 0.6 is 15.9 Å². The summed E-state index contributed by atoms with van der Waals surface area (Å²) in [5.41, 5.74) is 4.31. The molecule has 0 spiro atoms. The maximum Gasteiger partial charge on any atom is 0.311 e. The third-order valence-electron chi connectivity index (χ3n) is 8.20. The number of hydrogen-bond acceptors (Lipinski definition) is 5. The van der Waals surface area contributed by atoms with Crippen molar-refractivity contribution in [2.75, 3.05) is 12.4 Å². The van der Waals surface area contributed by atoms with Gasteiger partial charge in [-0.15, -0.1) is 0 Å². The second-order valence-corrected chi connectivity index (χ2v) is 10.9. The number of phenolic OH excluding ortho intramolecular Hbond substituents is 1. The molecule has 0 amide bonds. The van der Waals surface area contributed by atoms with Crippen LogP contribution in [0.5, 0.6) is 5.75 Å². The number of aromatic amines is 1. The van der Waals surface area contributed by atoms with Gasteiger partial charge in [0.15, 0.2) is 0 Å². The van der Waals surface area contributed by atoms with Crippen LogP contribution in [0.2, 0.25) is 0 Å². The number of H-pyrrole nitrogens is 1. The van der Waals surface area contributed by atoms with Crippen LogP contribution in [0, 0.1) is 17.2 Å². The average Bonchev–Trinajstić information content (AvgIpc) is 3.23. The van der Waals surface area contributed by atoms with Crippen LogP contribution in [0.15, 0.2) is 28.7 Å². The molecular formula is C26H29BrFN3O3. The maximum atomic E-state index is 13.3. The molecule has 1 saturated carbocycles. The number of methoxy groups -OCH3 is 1. The van der Waals surface area contributed by atoms with Crippen LogP contribution < -0.4 is 5.32 Å². The quantitative estimate of drug-likeness (QED) is 0.362. The van der Waals surface area contributed by atoms with E-state index in [1.165, 1.54) is 24.3 Å². The number of rotatable bonds is 4. The standard InChI is InChI=1S/C26H29BrFN3O3/c1-25-9-4-10-26(2,23(33)34-3)20(25)8-7-16-17(25)12-18(27)22-21(16)30-24(31-22)29-13-14-5-6-15(28)11-19(14)32/h5-6,11-12,20,32H,4,7-10,13H2,1-3H3,(H2,29,30,31)/t20-,25-,26-/m1/s1. The molecule has 1 fully saturated rings. The summed E-state index contributed by atoms with van der Waals surface area (Å²) in [6, 6.07) is 6.17. The van der Waals surface area contributed by atoms with E-state index in [-0.39, 0.29) is 23.1 Å². The molecule has 3 aromatic rings. The Morgan fingerprint density at radius 1 is 1.35 bits per heavy atom. The molecule has 5 rings (SSSR count). The van der Waals surface area contributed by atoms with Crippen LogP contribution in [0.1, 0.15) is 56.2 Å². The third kappa shape index (κ3) is 3.49. The van der Waals surface area contributed by atoms with E-state index in [0.29, 0.717) is 18.1 Å². The van der Waals surface area contributed by atoms with Crippen LogP contribution in [0.3, 0.4) is 0 Å². The highest BCUT2D eigenvalue weighted by molar-refractivity contribution is 9.10. The van der Waals surface area contributed by atoms with Crippen LogP contribution in [-0.2, 0) is 27.9 Å². The Morgan fingerprint density at radius 2 is 2.15 bits per heavy atom. The van der Waals surface area contributed by atoms with Gasteiger partial charge in [-0.1, -0.05) is 19.4 Å². The van der Waals surface area contributed by atoms with Crippen molar-refractivity contribution in [2.45, 2.75) is 57.9 Å².